The van der Waals surface area contributed by atoms with Gasteiger partial charge in [-0.3, -0.25) is 14.3 Å². The summed E-state index contributed by atoms with van der Waals surface area (Å²) in [5, 5.41) is 7.00. The van der Waals surface area contributed by atoms with Crippen molar-refractivity contribution in [1.29, 1.82) is 0 Å². The lowest BCUT2D eigenvalue weighted by Crippen LogP contribution is -2.36. The van der Waals surface area contributed by atoms with E-state index in [1.54, 1.807) is 24.0 Å². The molecule has 0 aromatic carbocycles. The van der Waals surface area contributed by atoms with Crippen LogP contribution in [-0.2, 0) is 16.6 Å². The van der Waals surface area contributed by atoms with Crippen LogP contribution in [0, 0.1) is 17.8 Å². The first-order chi connectivity index (χ1) is 11.6. The number of amides is 2. The molecule has 3 heterocycles. The molecule has 3 atom stereocenters. The van der Waals surface area contributed by atoms with Gasteiger partial charge in [-0.05, 0) is 24.8 Å². The molecule has 1 aromatic heterocycles. The van der Waals surface area contributed by atoms with Gasteiger partial charge in [-0.15, -0.1) is 0 Å². The summed E-state index contributed by atoms with van der Waals surface area (Å²) in [4.78, 5) is 26.4. The third-order valence-electron chi connectivity index (χ3n) is 5.53. The zero-order valence-electron chi connectivity index (χ0n) is 14.0. The van der Waals surface area contributed by atoms with Crippen LogP contribution in [0.25, 0.3) is 0 Å². The van der Waals surface area contributed by atoms with Gasteiger partial charge in [0.05, 0.1) is 12.7 Å². The normalized spacial score (nSPS) is 28.9. The van der Waals surface area contributed by atoms with E-state index in [-0.39, 0.29) is 23.8 Å². The minimum absolute atomic E-state index is 0.113. The van der Waals surface area contributed by atoms with Gasteiger partial charge >= 0.3 is 0 Å². The number of likely N-dealkylation sites (tertiary alicyclic amines) is 1. The van der Waals surface area contributed by atoms with E-state index in [0.717, 1.165) is 6.54 Å². The highest BCUT2D eigenvalue weighted by Crippen LogP contribution is 2.36. The van der Waals surface area contributed by atoms with Crippen molar-refractivity contribution < 1.29 is 14.3 Å². The number of fused-ring (bicyclic) bond motifs is 1. The van der Waals surface area contributed by atoms with E-state index in [0.29, 0.717) is 43.6 Å². The number of aryl methyl sites for hydroxylation is 1. The van der Waals surface area contributed by atoms with E-state index in [4.69, 9.17) is 4.74 Å². The zero-order chi connectivity index (χ0) is 16.7. The van der Waals surface area contributed by atoms with Crippen LogP contribution in [0.2, 0.25) is 0 Å². The molecule has 3 fully saturated rings. The van der Waals surface area contributed by atoms with E-state index in [1.807, 2.05) is 4.90 Å². The summed E-state index contributed by atoms with van der Waals surface area (Å²) in [5.74, 6) is 1.38. The van der Waals surface area contributed by atoms with Gasteiger partial charge in [-0.1, -0.05) is 0 Å². The number of nitrogens with zero attached hydrogens (tertiary/aromatic N) is 3. The molecule has 7 nitrogen and oxygen atoms in total. The van der Waals surface area contributed by atoms with Crippen LogP contribution in [0.3, 0.4) is 0 Å². The molecule has 2 amide bonds. The SMILES string of the molecule is Cn1nccc1C(=O)NC[C@H]1CO[C@@H]2CN(C(=O)CC3CC3)C[C@H]12. The summed E-state index contributed by atoms with van der Waals surface area (Å²) in [7, 11) is 1.75. The summed E-state index contributed by atoms with van der Waals surface area (Å²) in [6.45, 7) is 2.71. The molecule has 24 heavy (non-hydrogen) atoms. The standard InChI is InChI=1S/C17H24N4O3/c1-20-14(4-5-19-20)17(23)18-7-12-10-24-15-9-21(8-13(12)15)16(22)6-11-2-3-11/h4-5,11-13,15H,2-3,6-10H2,1H3,(H,18,23)/t12-,13+,15+/m0/s1. The summed E-state index contributed by atoms with van der Waals surface area (Å²) in [6.07, 6.45) is 4.84. The Labute approximate surface area is 141 Å². The van der Waals surface area contributed by atoms with E-state index >= 15 is 0 Å². The third kappa shape index (κ3) is 3.05. The molecule has 7 heteroatoms. The molecule has 1 aliphatic carbocycles. The molecular formula is C17H24N4O3. The fourth-order valence-electron chi connectivity index (χ4n) is 3.82. The number of carbonyl (C=O) groups is 2. The number of carbonyl (C=O) groups excluding carboxylic acids is 2. The minimum Gasteiger partial charge on any atom is -0.376 e. The highest BCUT2D eigenvalue weighted by molar-refractivity contribution is 5.92. The van der Waals surface area contributed by atoms with Crippen molar-refractivity contribution in [3.05, 3.63) is 18.0 Å². The second-order valence-corrected chi connectivity index (χ2v) is 7.29. The lowest BCUT2D eigenvalue weighted by atomic mass is 9.93. The number of rotatable bonds is 5. The van der Waals surface area contributed by atoms with Crippen LogP contribution >= 0.6 is 0 Å². The molecule has 4 rings (SSSR count). The fourth-order valence-corrected chi connectivity index (χ4v) is 3.82. The van der Waals surface area contributed by atoms with Crippen molar-refractivity contribution in [2.24, 2.45) is 24.8 Å². The maximum atomic E-state index is 12.3. The van der Waals surface area contributed by atoms with Crippen molar-refractivity contribution in [2.45, 2.75) is 25.4 Å². The molecule has 0 bridgehead atoms. The summed E-state index contributed by atoms with van der Waals surface area (Å²) < 4.78 is 7.44. The minimum atomic E-state index is -0.113. The predicted octanol–water partition coefficient (Wildman–Crippen LogP) is 0.423. The van der Waals surface area contributed by atoms with Gasteiger partial charge in [0.1, 0.15) is 5.69 Å². The average molecular weight is 332 g/mol. The Morgan fingerprint density at radius 2 is 2.21 bits per heavy atom. The number of aromatic nitrogens is 2. The Hall–Kier alpha value is -1.89. The molecule has 0 unspecified atom stereocenters. The first-order valence-electron chi connectivity index (χ1n) is 8.77. The van der Waals surface area contributed by atoms with E-state index < -0.39 is 0 Å². The maximum Gasteiger partial charge on any atom is 0.269 e. The second kappa shape index (κ2) is 6.20. The van der Waals surface area contributed by atoms with Crippen molar-refractivity contribution in [3.8, 4) is 0 Å². The molecule has 1 N–H and O–H groups in total. The molecule has 130 valence electrons. The van der Waals surface area contributed by atoms with Gasteiger partial charge < -0.3 is 15.0 Å². The Balaban J connectivity index is 1.30. The van der Waals surface area contributed by atoms with Crippen LogP contribution in [0.1, 0.15) is 29.8 Å². The number of nitrogens with one attached hydrogen (secondary N) is 1. The fraction of sp³-hybridized carbons (Fsp3) is 0.706. The summed E-state index contributed by atoms with van der Waals surface area (Å²) in [5.41, 5.74) is 0.554. The highest BCUT2D eigenvalue weighted by Gasteiger charge is 2.45. The summed E-state index contributed by atoms with van der Waals surface area (Å²) in [6, 6.07) is 1.71. The molecule has 2 aliphatic heterocycles. The molecule has 3 aliphatic rings. The van der Waals surface area contributed by atoms with Gasteiger partial charge in [-0.25, -0.2) is 0 Å². The molecule has 1 saturated carbocycles. The quantitative estimate of drug-likeness (QED) is 0.848. The first-order valence-corrected chi connectivity index (χ1v) is 8.77. The zero-order valence-corrected chi connectivity index (χ0v) is 14.0. The third-order valence-corrected chi connectivity index (χ3v) is 5.53. The van der Waals surface area contributed by atoms with Crippen LogP contribution in [0.15, 0.2) is 12.3 Å². The van der Waals surface area contributed by atoms with Crippen LogP contribution in [0.5, 0.6) is 0 Å². The van der Waals surface area contributed by atoms with Crippen LogP contribution < -0.4 is 5.32 Å². The first kappa shape index (κ1) is 15.6. The Morgan fingerprint density at radius 3 is 2.92 bits per heavy atom. The van der Waals surface area contributed by atoms with Gasteiger partial charge in [0, 0.05) is 51.1 Å². The molecule has 1 aromatic rings. The molecule has 0 spiro atoms. The Morgan fingerprint density at radius 1 is 1.38 bits per heavy atom. The largest absolute Gasteiger partial charge is 0.376 e. The predicted molar refractivity (Wildman–Crippen MR) is 86.2 cm³/mol. The molecular weight excluding hydrogens is 308 g/mol. The second-order valence-electron chi connectivity index (χ2n) is 7.29. The van der Waals surface area contributed by atoms with Crippen LogP contribution in [0.4, 0.5) is 0 Å². The molecule has 0 radical (unpaired) electrons. The number of hydrogen-bond donors (Lipinski definition) is 1. The van der Waals surface area contributed by atoms with E-state index in [2.05, 4.69) is 10.4 Å². The average Bonchev–Trinajstić information content (AvgIpc) is 2.97. The lowest BCUT2D eigenvalue weighted by molar-refractivity contribution is -0.131. The highest BCUT2D eigenvalue weighted by atomic mass is 16.5. The smallest absolute Gasteiger partial charge is 0.269 e. The van der Waals surface area contributed by atoms with Gasteiger partial charge in [0.25, 0.3) is 5.91 Å². The lowest BCUT2D eigenvalue weighted by Gasteiger charge is -2.20. The van der Waals surface area contributed by atoms with E-state index in [1.165, 1.54) is 12.8 Å². The number of ether oxygens (including phenoxy) is 1. The monoisotopic (exact) mass is 332 g/mol. The topological polar surface area (TPSA) is 76.5 Å². The summed E-state index contributed by atoms with van der Waals surface area (Å²) >= 11 is 0. The Bertz CT molecular complexity index is 640. The van der Waals surface area contributed by atoms with Gasteiger partial charge in [0.2, 0.25) is 5.91 Å². The van der Waals surface area contributed by atoms with Crippen molar-refractivity contribution in [3.63, 3.8) is 0 Å². The van der Waals surface area contributed by atoms with Crippen molar-refractivity contribution in [1.82, 2.24) is 20.0 Å². The maximum absolute atomic E-state index is 12.3. The van der Waals surface area contributed by atoms with Crippen molar-refractivity contribution >= 4 is 11.8 Å². The van der Waals surface area contributed by atoms with E-state index in [9.17, 15) is 9.59 Å². The molecule has 2 saturated heterocycles. The number of hydrogen-bond acceptors (Lipinski definition) is 4. The van der Waals surface area contributed by atoms with Gasteiger partial charge in [0.15, 0.2) is 0 Å². The van der Waals surface area contributed by atoms with Gasteiger partial charge in [-0.2, -0.15) is 5.10 Å². The van der Waals surface area contributed by atoms with Crippen molar-refractivity contribution in [2.75, 3.05) is 26.2 Å². The Kier molecular flexibility index (Phi) is 4.04. The van der Waals surface area contributed by atoms with Crippen LogP contribution in [-0.4, -0.2) is 58.8 Å².